The molecule has 1 unspecified atom stereocenters. The van der Waals surface area contributed by atoms with Gasteiger partial charge in [0.2, 0.25) is 0 Å². The van der Waals surface area contributed by atoms with Crippen LogP contribution in [0.4, 0.5) is 0 Å². The van der Waals surface area contributed by atoms with Gasteiger partial charge in [-0.3, -0.25) is 0 Å². The quantitative estimate of drug-likeness (QED) is 0.483. The van der Waals surface area contributed by atoms with Gasteiger partial charge in [-0.1, -0.05) is 73.7 Å². The van der Waals surface area contributed by atoms with Crippen LogP contribution in [0.1, 0.15) is 38.7 Å². The summed E-state index contributed by atoms with van der Waals surface area (Å²) in [6.07, 6.45) is 0.910. The largest absolute Gasteiger partial charge is 0.457 e. The fraction of sp³-hybridized carbons (Fsp3) is 0.240. The molecule has 1 atom stereocenters. The second kappa shape index (κ2) is 10.2. The van der Waals surface area contributed by atoms with E-state index in [0.29, 0.717) is 5.92 Å². The smallest absolute Gasteiger partial charge is 0.127 e. The van der Waals surface area contributed by atoms with E-state index in [-0.39, 0.29) is 5.41 Å². The van der Waals surface area contributed by atoms with Crippen molar-refractivity contribution in [1.82, 2.24) is 0 Å². The number of nitriles is 1. The van der Waals surface area contributed by atoms with Crippen molar-refractivity contribution in [3.8, 4) is 17.6 Å². The Kier molecular flexibility index (Phi) is 7.64. The van der Waals surface area contributed by atoms with Gasteiger partial charge in [-0.25, -0.2) is 0 Å². The normalized spacial score (nSPS) is 11.5. The van der Waals surface area contributed by atoms with Crippen LogP contribution in [-0.2, 0) is 0 Å². The van der Waals surface area contributed by atoms with Crippen molar-refractivity contribution in [2.45, 2.75) is 33.1 Å². The average molecular weight is 357 g/mol. The lowest BCUT2D eigenvalue weighted by Gasteiger charge is -2.20. The number of hydrogen-bond acceptors (Lipinski definition) is 2. The molecule has 0 fully saturated rings. The lowest BCUT2D eigenvalue weighted by Crippen LogP contribution is -2.11. The Morgan fingerprint density at radius 1 is 0.778 bits per heavy atom. The zero-order chi connectivity index (χ0) is 19.5. The first-order valence-electron chi connectivity index (χ1n) is 9.24. The Balaban J connectivity index is 0.000000194. The van der Waals surface area contributed by atoms with E-state index in [2.05, 4.69) is 25.1 Å². The van der Waals surface area contributed by atoms with E-state index in [0.717, 1.165) is 17.9 Å². The fourth-order valence-electron chi connectivity index (χ4n) is 2.82. The van der Waals surface area contributed by atoms with Gasteiger partial charge in [0.05, 0.1) is 11.5 Å². The Labute approximate surface area is 163 Å². The molecule has 0 aromatic heterocycles. The minimum atomic E-state index is -0.227. The van der Waals surface area contributed by atoms with Crippen molar-refractivity contribution < 1.29 is 4.74 Å². The van der Waals surface area contributed by atoms with Crippen molar-refractivity contribution in [3.63, 3.8) is 0 Å². The molecule has 0 radical (unpaired) electrons. The SMILES string of the molecule is CC(CC(C)(C)C#N)c1ccccc1.c1ccc(Oc2ccccc2)cc1. The van der Waals surface area contributed by atoms with Crippen LogP contribution in [0.5, 0.6) is 11.5 Å². The second-order valence-electron chi connectivity index (χ2n) is 7.24. The summed E-state index contributed by atoms with van der Waals surface area (Å²) < 4.78 is 5.58. The highest BCUT2D eigenvalue weighted by Crippen LogP contribution is 2.30. The van der Waals surface area contributed by atoms with Crippen LogP contribution in [0, 0.1) is 16.7 Å². The number of hydrogen-bond donors (Lipinski definition) is 0. The molecule has 0 bridgehead atoms. The molecular weight excluding hydrogens is 330 g/mol. The Morgan fingerprint density at radius 2 is 1.19 bits per heavy atom. The lowest BCUT2D eigenvalue weighted by atomic mass is 9.82. The maximum atomic E-state index is 8.94. The third-order valence-electron chi connectivity index (χ3n) is 4.21. The van der Waals surface area contributed by atoms with Crippen LogP contribution < -0.4 is 4.74 Å². The van der Waals surface area contributed by atoms with E-state index < -0.39 is 0 Å². The maximum Gasteiger partial charge on any atom is 0.127 e. The van der Waals surface area contributed by atoms with Gasteiger partial charge in [-0.15, -0.1) is 0 Å². The zero-order valence-corrected chi connectivity index (χ0v) is 16.3. The van der Waals surface area contributed by atoms with Crippen LogP contribution in [-0.4, -0.2) is 0 Å². The summed E-state index contributed by atoms with van der Waals surface area (Å²) in [5.41, 5.74) is 1.09. The van der Waals surface area contributed by atoms with Gasteiger partial charge in [-0.05, 0) is 56.0 Å². The molecule has 3 rings (SSSR count). The van der Waals surface area contributed by atoms with Crippen molar-refractivity contribution in [2.75, 3.05) is 0 Å². The average Bonchev–Trinajstić information content (AvgIpc) is 2.70. The van der Waals surface area contributed by atoms with Crippen LogP contribution in [0.25, 0.3) is 0 Å². The van der Waals surface area contributed by atoms with E-state index in [1.165, 1.54) is 5.56 Å². The first-order valence-corrected chi connectivity index (χ1v) is 9.24. The molecule has 0 saturated heterocycles. The van der Waals surface area contributed by atoms with E-state index in [1.807, 2.05) is 92.7 Å². The van der Waals surface area contributed by atoms with Gasteiger partial charge in [0.15, 0.2) is 0 Å². The van der Waals surface area contributed by atoms with Crippen LogP contribution in [0.2, 0.25) is 0 Å². The summed E-state index contributed by atoms with van der Waals surface area (Å²) in [6.45, 7) is 6.16. The van der Waals surface area contributed by atoms with Crippen LogP contribution in [0.3, 0.4) is 0 Å². The van der Waals surface area contributed by atoms with Crippen molar-refractivity contribution in [1.29, 1.82) is 5.26 Å². The van der Waals surface area contributed by atoms with Crippen molar-refractivity contribution in [3.05, 3.63) is 96.6 Å². The first-order chi connectivity index (χ1) is 13.0. The van der Waals surface area contributed by atoms with Gasteiger partial charge in [0, 0.05) is 0 Å². The molecule has 2 heteroatoms. The third kappa shape index (κ3) is 7.38. The third-order valence-corrected chi connectivity index (χ3v) is 4.21. The molecule has 0 N–H and O–H groups in total. The predicted octanol–water partition coefficient (Wildman–Crippen LogP) is 7.21. The molecule has 0 saturated carbocycles. The zero-order valence-electron chi connectivity index (χ0n) is 16.3. The summed E-state index contributed by atoms with van der Waals surface area (Å²) in [5, 5.41) is 8.94. The molecule has 0 aliphatic rings. The molecule has 27 heavy (non-hydrogen) atoms. The lowest BCUT2D eigenvalue weighted by molar-refractivity contribution is 0.413. The van der Waals surface area contributed by atoms with Crippen LogP contribution >= 0.6 is 0 Å². The molecule has 138 valence electrons. The summed E-state index contributed by atoms with van der Waals surface area (Å²) >= 11 is 0. The predicted molar refractivity (Wildman–Crippen MR) is 112 cm³/mol. The molecule has 0 amide bonds. The number of ether oxygens (including phenoxy) is 1. The monoisotopic (exact) mass is 357 g/mol. The minimum absolute atomic E-state index is 0.227. The number of benzene rings is 3. The second-order valence-corrected chi connectivity index (χ2v) is 7.24. The summed E-state index contributed by atoms with van der Waals surface area (Å²) in [5.74, 6) is 2.19. The van der Waals surface area contributed by atoms with Gasteiger partial charge in [0.1, 0.15) is 11.5 Å². The van der Waals surface area contributed by atoms with E-state index >= 15 is 0 Å². The van der Waals surface area contributed by atoms with Crippen molar-refractivity contribution in [2.24, 2.45) is 5.41 Å². The van der Waals surface area contributed by atoms with Crippen molar-refractivity contribution >= 4 is 0 Å². The minimum Gasteiger partial charge on any atom is -0.457 e. The first kappa shape index (κ1) is 20.3. The van der Waals surface area contributed by atoms with Gasteiger partial charge in [-0.2, -0.15) is 5.26 Å². The molecule has 3 aromatic carbocycles. The Morgan fingerprint density at radius 3 is 1.59 bits per heavy atom. The van der Waals surface area contributed by atoms with Gasteiger partial charge in [0.25, 0.3) is 0 Å². The molecule has 2 nitrogen and oxygen atoms in total. The highest BCUT2D eigenvalue weighted by molar-refractivity contribution is 5.30. The van der Waals surface area contributed by atoms with E-state index in [1.54, 1.807) is 0 Å². The molecular formula is C25H27NO. The topological polar surface area (TPSA) is 33.0 Å². The molecule has 0 aliphatic heterocycles. The molecule has 3 aromatic rings. The Bertz CT molecular complexity index is 783. The number of nitrogens with zero attached hydrogens (tertiary/aromatic N) is 1. The fourth-order valence-corrected chi connectivity index (χ4v) is 2.82. The summed E-state index contributed by atoms with van der Waals surface area (Å²) in [7, 11) is 0. The molecule has 0 spiro atoms. The number of rotatable bonds is 5. The highest BCUT2D eigenvalue weighted by atomic mass is 16.5. The molecule has 0 aliphatic carbocycles. The van der Waals surface area contributed by atoms with Gasteiger partial charge >= 0.3 is 0 Å². The summed E-state index contributed by atoms with van der Waals surface area (Å²) in [6, 6.07) is 32.2. The van der Waals surface area contributed by atoms with E-state index in [9.17, 15) is 0 Å². The van der Waals surface area contributed by atoms with Gasteiger partial charge < -0.3 is 4.74 Å². The van der Waals surface area contributed by atoms with E-state index in [4.69, 9.17) is 10.00 Å². The standard InChI is InChI=1S/C13H17N.C12H10O/c1-11(9-13(2,3)10-14)12-7-5-4-6-8-12;1-3-7-11(8-4-1)13-12-9-5-2-6-10-12/h4-8,11H,9H2,1-3H3;1-10H. The maximum absolute atomic E-state index is 8.94. The highest BCUT2D eigenvalue weighted by Gasteiger charge is 2.20. The number of para-hydroxylation sites is 2. The van der Waals surface area contributed by atoms with Crippen LogP contribution in [0.15, 0.2) is 91.0 Å². The summed E-state index contributed by atoms with van der Waals surface area (Å²) in [4.78, 5) is 0. The Hall–Kier alpha value is -3.05. The molecule has 0 heterocycles.